The minimum atomic E-state index is -0.509. The molecule has 0 spiro atoms. The molecule has 0 saturated carbocycles. The molecule has 9 heteroatoms. The summed E-state index contributed by atoms with van der Waals surface area (Å²) in [6, 6.07) is 10.6. The molecule has 1 atom stereocenters. The Kier molecular flexibility index (Phi) is 8.67. The minimum absolute atomic E-state index is 0.0473. The average molecular weight is 487 g/mol. The predicted molar refractivity (Wildman–Crippen MR) is 134 cm³/mol. The highest BCUT2D eigenvalue weighted by Crippen LogP contribution is 2.32. The summed E-state index contributed by atoms with van der Waals surface area (Å²) in [5.74, 6) is -0.307. The molecule has 6 nitrogen and oxygen atoms in total. The molecule has 34 heavy (non-hydrogen) atoms. The third-order valence-electron chi connectivity index (χ3n) is 5.50. The number of allylic oxidation sites excluding steroid dienone is 1. The molecule has 1 aliphatic rings. The number of hydrogen-bond donors (Lipinski definition) is 4. The van der Waals surface area contributed by atoms with Crippen molar-refractivity contribution in [2.24, 2.45) is 22.4 Å². The Morgan fingerprint density at radius 3 is 2.68 bits per heavy atom. The molecule has 6 N–H and O–H groups in total. The Morgan fingerprint density at radius 2 is 2.03 bits per heavy atom. The standard InChI is InChI=1S/C25H29ClF2N6/c1-3-22(29)24(33-25(30)32-14-17-6-4-7-19(27)12-17)34(15-18-10-11-31-13-18)16(2)23-20(26)8-5-9-21(23)28/h3-9,12,18,31H,1-2,10-11,13-15,29H2,(H3,30,32,33)/b24-22-/t18-/m0/s1. The maximum Gasteiger partial charge on any atom is 0.195 e. The third-order valence-corrected chi connectivity index (χ3v) is 5.82. The zero-order valence-electron chi connectivity index (χ0n) is 18.8. The second kappa shape index (κ2) is 11.7. The van der Waals surface area contributed by atoms with E-state index >= 15 is 0 Å². The lowest BCUT2D eigenvalue weighted by Gasteiger charge is -2.31. The molecule has 2 aromatic rings. The van der Waals surface area contributed by atoms with E-state index in [0.29, 0.717) is 17.8 Å². The van der Waals surface area contributed by atoms with E-state index in [2.05, 4.69) is 28.8 Å². The maximum atomic E-state index is 14.8. The Morgan fingerprint density at radius 1 is 1.26 bits per heavy atom. The first-order valence-electron chi connectivity index (χ1n) is 10.9. The van der Waals surface area contributed by atoms with E-state index in [4.69, 9.17) is 23.1 Å². The Hall–Kier alpha value is -3.36. The molecule has 2 aromatic carbocycles. The van der Waals surface area contributed by atoms with Crippen LogP contribution in [0.3, 0.4) is 0 Å². The third kappa shape index (κ3) is 6.36. The van der Waals surface area contributed by atoms with Gasteiger partial charge < -0.3 is 27.0 Å². The highest BCUT2D eigenvalue weighted by Gasteiger charge is 2.26. The Bertz CT molecular complexity index is 1090. The van der Waals surface area contributed by atoms with Crippen molar-refractivity contribution in [2.75, 3.05) is 19.6 Å². The van der Waals surface area contributed by atoms with Gasteiger partial charge in [-0.05, 0) is 61.3 Å². The summed E-state index contributed by atoms with van der Waals surface area (Å²) >= 11 is 6.33. The quantitative estimate of drug-likeness (QED) is 0.245. The van der Waals surface area contributed by atoms with Crippen molar-refractivity contribution in [1.29, 1.82) is 0 Å². The van der Waals surface area contributed by atoms with Gasteiger partial charge in [-0.2, -0.15) is 4.99 Å². The summed E-state index contributed by atoms with van der Waals surface area (Å²) in [6.45, 7) is 10.2. The summed E-state index contributed by atoms with van der Waals surface area (Å²) in [5, 5.41) is 6.49. The summed E-state index contributed by atoms with van der Waals surface area (Å²) in [7, 11) is 0. The Labute approximate surface area is 203 Å². The zero-order valence-corrected chi connectivity index (χ0v) is 19.6. The van der Waals surface area contributed by atoms with Crippen LogP contribution in [0.4, 0.5) is 8.78 Å². The number of halogens is 3. The van der Waals surface area contributed by atoms with Crippen LogP contribution in [-0.4, -0.2) is 30.5 Å². The molecule has 0 aromatic heterocycles. The number of rotatable bonds is 9. The fourth-order valence-electron chi connectivity index (χ4n) is 3.73. The summed E-state index contributed by atoms with van der Waals surface area (Å²) < 4.78 is 28.3. The first-order valence-corrected chi connectivity index (χ1v) is 11.2. The van der Waals surface area contributed by atoms with Gasteiger partial charge in [-0.15, -0.1) is 0 Å². The van der Waals surface area contributed by atoms with Crippen molar-refractivity contribution < 1.29 is 8.78 Å². The van der Waals surface area contributed by atoms with Crippen molar-refractivity contribution >= 4 is 23.3 Å². The van der Waals surface area contributed by atoms with E-state index in [0.717, 1.165) is 19.5 Å². The van der Waals surface area contributed by atoms with E-state index < -0.39 is 5.82 Å². The van der Waals surface area contributed by atoms with Gasteiger partial charge in [-0.1, -0.05) is 43.0 Å². The molecular weight excluding hydrogens is 458 g/mol. The van der Waals surface area contributed by atoms with Crippen LogP contribution in [0.2, 0.25) is 5.02 Å². The molecule has 1 aliphatic heterocycles. The molecule has 0 unspecified atom stereocenters. The number of nitrogens with one attached hydrogen (secondary N) is 2. The van der Waals surface area contributed by atoms with Gasteiger partial charge in [-0.25, -0.2) is 8.78 Å². The van der Waals surface area contributed by atoms with Crippen molar-refractivity contribution in [1.82, 2.24) is 15.5 Å². The van der Waals surface area contributed by atoms with Gasteiger partial charge >= 0.3 is 0 Å². The lowest BCUT2D eigenvalue weighted by Crippen LogP contribution is -2.35. The number of guanidine groups is 1. The van der Waals surface area contributed by atoms with E-state index in [1.54, 1.807) is 23.1 Å². The van der Waals surface area contributed by atoms with Gasteiger partial charge in [-0.3, -0.25) is 0 Å². The first-order chi connectivity index (χ1) is 16.3. The number of aliphatic imine (C=N–C) groups is 1. The van der Waals surface area contributed by atoms with Gasteiger partial charge in [0.15, 0.2) is 11.8 Å². The van der Waals surface area contributed by atoms with E-state index in [9.17, 15) is 8.78 Å². The highest BCUT2D eigenvalue weighted by atomic mass is 35.5. The van der Waals surface area contributed by atoms with Crippen molar-refractivity contribution in [3.8, 4) is 0 Å². The second-order valence-electron chi connectivity index (χ2n) is 7.98. The lowest BCUT2D eigenvalue weighted by molar-refractivity contribution is 0.387. The summed E-state index contributed by atoms with van der Waals surface area (Å²) in [6.07, 6.45) is 2.36. The lowest BCUT2D eigenvalue weighted by atomic mass is 10.1. The smallest absolute Gasteiger partial charge is 0.195 e. The topological polar surface area (TPSA) is 91.7 Å². The van der Waals surface area contributed by atoms with Crippen molar-refractivity contribution in [3.05, 3.63) is 101 Å². The monoisotopic (exact) mass is 486 g/mol. The SMILES string of the molecule is C=C/C(N)=C(\N=C(/N)NCc1cccc(F)c1)N(C[C@H]1CCNC1)C(=C)c1c(F)cccc1Cl. The molecule has 180 valence electrons. The van der Waals surface area contributed by atoms with Crippen LogP contribution in [0.1, 0.15) is 17.5 Å². The maximum absolute atomic E-state index is 14.8. The van der Waals surface area contributed by atoms with Crippen molar-refractivity contribution in [2.45, 2.75) is 13.0 Å². The number of nitrogens with zero attached hydrogens (tertiary/aromatic N) is 2. The van der Waals surface area contributed by atoms with Gasteiger partial charge in [0.2, 0.25) is 0 Å². The number of hydrogen-bond acceptors (Lipinski definition) is 4. The van der Waals surface area contributed by atoms with E-state index in [-0.39, 0.29) is 46.3 Å². The van der Waals surface area contributed by atoms with Crippen LogP contribution in [-0.2, 0) is 6.54 Å². The second-order valence-corrected chi connectivity index (χ2v) is 8.38. The van der Waals surface area contributed by atoms with Crippen LogP contribution in [0, 0.1) is 17.6 Å². The highest BCUT2D eigenvalue weighted by molar-refractivity contribution is 6.32. The number of benzene rings is 2. The van der Waals surface area contributed by atoms with Crippen LogP contribution in [0.5, 0.6) is 0 Å². The largest absolute Gasteiger partial charge is 0.396 e. The molecule has 1 heterocycles. The average Bonchev–Trinajstić information content (AvgIpc) is 3.32. The summed E-state index contributed by atoms with van der Waals surface area (Å²) in [4.78, 5) is 6.20. The fraction of sp³-hybridized carbons (Fsp3) is 0.240. The molecule has 0 aliphatic carbocycles. The van der Waals surface area contributed by atoms with Crippen LogP contribution in [0.15, 0.2) is 78.2 Å². The van der Waals surface area contributed by atoms with Crippen LogP contribution in [0.25, 0.3) is 5.70 Å². The van der Waals surface area contributed by atoms with Gasteiger partial charge in [0.05, 0.1) is 16.3 Å². The molecule has 1 fully saturated rings. The van der Waals surface area contributed by atoms with E-state index in [1.807, 2.05) is 0 Å². The molecule has 0 amide bonds. The molecular formula is C25H29ClF2N6. The van der Waals surface area contributed by atoms with Gasteiger partial charge in [0.1, 0.15) is 11.6 Å². The summed E-state index contributed by atoms with van der Waals surface area (Å²) in [5.41, 5.74) is 13.8. The Balaban J connectivity index is 1.95. The number of nitrogens with two attached hydrogens (primary N) is 2. The van der Waals surface area contributed by atoms with Gasteiger partial charge in [0, 0.05) is 18.8 Å². The molecule has 0 bridgehead atoms. The first kappa shape index (κ1) is 25.3. The molecule has 1 saturated heterocycles. The van der Waals surface area contributed by atoms with Crippen LogP contribution < -0.4 is 22.1 Å². The van der Waals surface area contributed by atoms with E-state index in [1.165, 1.54) is 30.3 Å². The molecule has 3 rings (SSSR count). The van der Waals surface area contributed by atoms with Crippen molar-refractivity contribution in [3.63, 3.8) is 0 Å². The fourth-order valence-corrected chi connectivity index (χ4v) is 4.00. The van der Waals surface area contributed by atoms with Crippen LogP contribution >= 0.6 is 11.6 Å². The minimum Gasteiger partial charge on any atom is -0.396 e. The predicted octanol–water partition coefficient (Wildman–Crippen LogP) is 3.92. The normalized spacial score (nSPS) is 16.7. The van der Waals surface area contributed by atoms with Gasteiger partial charge in [0.25, 0.3) is 0 Å². The zero-order chi connectivity index (χ0) is 24.7. The molecule has 0 radical (unpaired) electrons.